The molecule has 0 saturated heterocycles. The number of anilines is 1. The predicted octanol–water partition coefficient (Wildman–Crippen LogP) is 2.46. The molecule has 0 spiro atoms. The number of nitrogens with two attached hydrogens (primary N) is 1. The highest BCUT2D eigenvalue weighted by Crippen LogP contribution is 2.31. The van der Waals surface area contributed by atoms with Crippen molar-refractivity contribution in [1.29, 1.82) is 0 Å². The first kappa shape index (κ1) is 12.4. The molecule has 0 saturated carbocycles. The van der Waals surface area contributed by atoms with Crippen molar-refractivity contribution in [3.8, 4) is 0 Å². The fraction of sp³-hybridized carbons (Fsp3) is 0.300. The Kier molecular flexibility index (Phi) is 3.41. The summed E-state index contributed by atoms with van der Waals surface area (Å²) in [5.41, 5.74) is 4.17. The summed E-state index contributed by atoms with van der Waals surface area (Å²) < 4.78 is 41.7. The van der Waals surface area contributed by atoms with Crippen molar-refractivity contribution in [2.45, 2.75) is 13.1 Å². The van der Waals surface area contributed by atoms with Gasteiger partial charge in [0.2, 0.25) is 0 Å². The summed E-state index contributed by atoms with van der Waals surface area (Å²) >= 11 is 0. The van der Waals surface area contributed by atoms with Gasteiger partial charge in [0.15, 0.2) is 0 Å². The maximum absolute atomic E-state index is 12.4. The van der Waals surface area contributed by atoms with Gasteiger partial charge < -0.3 is 10.5 Å². The second kappa shape index (κ2) is 4.42. The average Bonchev–Trinajstić information content (AvgIpc) is 2.16. The summed E-state index contributed by atoms with van der Waals surface area (Å²) in [6, 6.07) is 2.54. The van der Waals surface area contributed by atoms with Crippen LogP contribution in [0.1, 0.15) is 22.8 Å². The second-order valence-corrected chi connectivity index (χ2v) is 3.02. The van der Waals surface area contributed by atoms with E-state index in [0.29, 0.717) is 6.07 Å². The Morgan fingerprint density at radius 3 is 2.56 bits per heavy atom. The van der Waals surface area contributed by atoms with Crippen LogP contribution in [0.3, 0.4) is 0 Å². The van der Waals surface area contributed by atoms with Crippen LogP contribution in [-0.4, -0.2) is 12.6 Å². The van der Waals surface area contributed by atoms with Gasteiger partial charge in [-0.3, -0.25) is 0 Å². The van der Waals surface area contributed by atoms with E-state index in [0.717, 1.165) is 12.1 Å². The number of benzene rings is 1. The van der Waals surface area contributed by atoms with E-state index in [-0.39, 0.29) is 17.9 Å². The number of nitrogen functional groups attached to an aromatic ring is 1. The first-order chi connectivity index (χ1) is 7.36. The number of esters is 1. The zero-order valence-corrected chi connectivity index (χ0v) is 8.47. The van der Waals surface area contributed by atoms with Crippen molar-refractivity contribution in [2.75, 3.05) is 12.3 Å². The van der Waals surface area contributed by atoms with Crippen molar-refractivity contribution in [3.63, 3.8) is 0 Å². The standard InChI is InChI=1S/C10H10F3NO2/c1-2-16-9(15)7-5-6(10(11,12)13)3-4-8(7)14/h3-5H,2,14H2,1H3. The number of hydrogen-bond donors (Lipinski definition) is 1. The fourth-order valence-corrected chi connectivity index (χ4v) is 1.12. The normalized spacial score (nSPS) is 11.2. The molecule has 2 N–H and O–H groups in total. The highest BCUT2D eigenvalue weighted by Gasteiger charge is 2.31. The highest BCUT2D eigenvalue weighted by molar-refractivity contribution is 5.95. The highest BCUT2D eigenvalue weighted by atomic mass is 19.4. The minimum atomic E-state index is -4.51. The lowest BCUT2D eigenvalue weighted by molar-refractivity contribution is -0.137. The van der Waals surface area contributed by atoms with Crippen LogP contribution in [0.25, 0.3) is 0 Å². The summed E-state index contributed by atoms with van der Waals surface area (Å²) in [5.74, 6) is -0.855. The Morgan fingerprint density at radius 1 is 1.44 bits per heavy atom. The van der Waals surface area contributed by atoms with E-state index in [9.17, 15) is 18.0 Å². The van der Waals surface area contributed by atoms with E-state index in [1.165, 1.54) is 0 Å². The number of ether oxygens (including phenoxy) is 1. The van der Waals surface area contributed by atoms with Gasteiger partial charge in [0, 0.05) is 5.69 Å². The van der Waals surface area contributed by atoms with Crippen LogP contribution in [0.5, 0.6) is 0 Å². The molecular formula is C10H10F3NO2. The van der Waals surface area contributed by atoms with Gasteiger partial charge in [-0.1, -0.05) is 0 Å². The molecule has 0 heterocycles. The maximum Gasteiger partial charge on any atom is 0.416 e. The summed E-state index contributed by atoms with van der Waals surface area (Å²) in [5, 5.41) is 0. The molecule has 0 fully saturated rings. The average molecular weight is 233 g/mol. The smallest absolute Gasteiger partial charge is 0.416 e. The van der Waals surface area contributed by atoms with Crippen LogP contribution >= 0.6 is 0 Å². The topological polar surface area (TPSA) is 52.3 Å². The minimum absolute atomic E-state index is 0.0357. The van der Waals surface area contributed by atoms with Gasteiger partial charge in [0.25, 0.3) is 0 Å². The third-order valence-corrected chi connectivity index (χ3v) is 1.88. The molecule has 1 aromatic carbocycles. The van der Waals surface area contributed by atoms with Gasteiger partial charge in [-0.25, -0.2) is 4.79 Å². The van der Waals surface area contributed by atoms with E-state index >= 15 is 0 Å². The van der Waals surface area contributed by atoms with E-state index in [4.69, 9.17) is 5.73 Å². The molecule has 0 amide bonds. The van der Waals surface area contributed by atoms with Crippen molar-refractivity contribution in [2.24, 2.45) is 0 Å². The van der Waals surface area contributed by atoms with E-state index in [2.05, 4.69) is 4.74 Å². The first-order valence-electron chi connectivity index (χ1n) is 4.50. The van der Waals surface area contributed by atoms with Crippen LogP contribution in [0.4, 0.5) is 18.9 Å². The Morgan fingerprint density at radius 2 is 2.06 bits per heavy atom. The largest absolute Gasteiger partial charge is 0.462 e. The number of carbonyl (C=O) groups is 1. The quantitative estimate of drug-likeness (QED) is 0.630. The molecule has 0 unspecified atom stereocenters. The number of hydrogen-bond acceptors (Lipinski definition) is 3. The van der Waals surface area contributed by atoms with Crippen LogP contribution in [0.2, 0.25) is 0 Å². The molecular weight excluding hydrogens is 223 g/mol. The lowest BCUT2D eigenvalue weighted by atomic mass is 10.1. The summed E-state index contributed by atoms with van der Waals surface area (Å²) in [7, 11) is 0. The summed E-state index contributed by atoms with van der Waals surface area (Å²) in [6.45, 7) is 1.64. The van der Waals surface area contributed by atoms with Crippen molar-refractivity contribution < 1.29 is 22.7 Å². The lowest BCUT2D eigenvalue weighted by Gasteiger charge is -2.10. The number of alkyl halides is 3. The molecule has 16 heavy (non-hydrogen) atoms. The Bertz CT molecular complexity index is 402. The van der Waals surface area contributed by atoms with Gasteiger partial charge >= 0.3 is 12.1 Å². The fourth-order valence-electron chi connectivity index (χ4n) is 1.12. The zero-order chi connectivity index (χ0) is 12.3. The van der Waals surface area contributed by atoms with E-state index < -0.39 is 17.7 Å². The molecule has 0 aromatic heterocycles. The molecule has 0 aliphatic heterocycles. The Labute approximate surface area is 90.0 Å². The van der Waals surface area contributed by atoms with Gasteiger partial charge in [0.05, 0.1) is 17.7 Å². The van der Waals surface area contributed by atoms with Gasteiger partial charge in [-0.2, -0.15) is 13.2 Å². The molecule has 3 nitrogen and oxygen atoms in total. The SMILES string of the molecule is CCOC(=O)c1cc(C(F)(F)F)ccc1N. The van der Waals surface area contributed by atoms with Crippen molar-refractivity contribution in [3.05, 3.63) is 29.3 Å². The lowest BCUT2D eigenvalue weighted by Crippen LogP contribution is -2.12. The molecule has 88 valence electrons. The Balaban J connectivity index is 3.14. The molecule has 0 aliphatic carbocycles. The molecule has 0 aliphatic rings. The third kappa shape index (κ3) is 2.65. The molecule has 0 atom stereocenters. The van der Waals surface area contributed by atoms with E-state index in [1.54, 1.807) is 6.92 Å². The van der Waals surface area contributed by atoms with Gasteiger partial charge in [0.1, 0.15) is 0 Å². The predicted molar refractivity (Wildman–Crippen MR) is 51.8 cm³/mol. The van der Waals surface area contributed by atoms with E-state index in [1.807, 2.05) is 0 Å². The summed E-state index contributed by atoms with van der Waals surface area (Å²) in [4.78, 5) is 11.3. The van der Waals surface area contributed by atoms with Crippen LogP contribution in [0.15, 0.2) is 18.2 Å². The minimum Gasteiger partial charge on any atom is -0.462 e. The molecule has 1 aromatic rings. The summed E-state index contributed by atoms with van der Waals surface area (Å²) in [6.07, 6.45) is -4.51. The van der Waals surface area contributed by atoms with Crippen LogP contribution in [0, 0.1) is 0 Å². The zero-order valence-electron chi connectivity index (χ0n) is 8.47. The van der Waals surface area contributed by atoms with Crippen molar-refractivity contribution in [1.82, 2.24) is 0 Å². The van der Waals surface area contributed by atoms with Gasteiger partial charge in [-0.05, 0) is 25.1 Å². The maximum atomic E-state index is 12.4. The van der Waals surface area contributed by atoms with Gasteiger partial charge in [-0.15, -0.1) is 0 Å². The third-order valence-electron chi connectivity index (χ3n) is 1.88. The molecule has 0 bridgehead atoms. The van der Waals surface area contributed by atoms with Crippen LogP contribution < -0.4 is 5.73 Å². The monoisotopic (exact) mass is 233 g/mol. The Hall–Kier alpha value is -1.72. The molecule has 6 heteroatoms. The molecule has 0 radical (unpaired) electrons. The number of halogens is 3. The number of rotatable bonds is 2. The van der Waals surface area contributed by atoms with Crippen molar-refractivity contribution >= 4 is 11.7 Å². The first-order valence-corrected chi connectivity index (χ1v) is 4.50. The number of carbonyl (C=O) groups excluding carboxylic acids is 1. The molecule has 1 rings (SSSR count). The van der Waals surface area contributed by atoms with Crippen LogP contribution in [-0.2, 0) is 10.9 Å². The second-order valence-electron chi connectivity index (χ2n) is 3.02.